The minimum Gasteiger partial charge on any atom is -0.494 e. The van der Waals surface area contributed by atoms with Crippen molar-refractivity contribution in [2.24, 2.45) is 0 Å². The third-order valence-electron chi connectivity index (χ3n) is 4.14. The molecule has 4 amide bonds. The summed E-state index contributed by atoms with van der Waals surface area (Å²) in [6.07, 6.45) is 1.33. The van der Waals surface area contributed by atoms with Crippen molar-refractivity contribution in [2.45, 2.75) is 26.9 Å². The average molecular weight is 473 g/mol. The van der Waals surface area contributed by atoms with Gasteiger partial charge in [0.05, 0.1) is 18.4 Å². The zero-order valence-corrected chi connectivity index (χ0v) is 18.4. The summed E-state index contributed by atoms with van der Waals surface area (Å²) >= 11 is 3.39. The molecule has 0 radical (unpaired) electrons. The van der Waals surface area contributed by atoms with Gasteiger partial charge in [-0.3, -0.25) is 14.9 Å². The molecule has 156 valence electrons. The van der Waals surface area contributed by atoms with E-state index >= 15 is 0 Å². The molecule has 1 heterocycles. The number of carbonyl (C=O) groups is 3. The number of halogens is 1. The number of nitrogens with zero attached hydrogens (tertiary/aromatic N) is 1. The summed E-state index contributed by atoms with van der Waals surface area (Å²) in [7, 11) is 0. The SMILES string of the molecule is CCOc1ccc(N2C(=O)NC(=O)/C(=C\c3cc(Br)ccc3OC(C)C)C2=O)cc1. The van der Waals surface area contributed by atoms with E-state index in [-0.39, 0.29) is 11.7 Å². The molecule has 1 aliphatic heterocycles. The molecular formula is C22H21BrN2O5. The van der Waals surface area contributed by atoms with Crippen molar-refractivity contribution in [3.8, 4) is 11.5 Å². The van der Waals surface area contributed by atoms with Gasteiger partial charge in [0.2, 0.25) is 0 Å². The van der Waals surface area contributed by atoms with Crippen LogP contribution in [0.5, 0.6) is 11.5 Å². The molecule has 0 spiro atoms. The van der Waals surface area contributed by atoms with Crippen LogP contribution in [0.25, 0.3) is 6.08 Å². The van der Waals surface area contributed by atoms with Gasteiger partial charge in [0, 0.05) is 10.0 Å². The number of benzene rings is 2. The second-order valence-corrected chi connectivity index (χ2v) is 7.65. The van der Waals surface area contributed by atoms with Gasteiger partial charge in [-0.05, 0) is 69.3 Å². The molecule has 0 unspecified atom stereocenters. The first-order chi connectivity index (χ1) is 14.3. The third-order valence-corrected chi connectivity index (χ3v) is 4.64. The topological polar surface area (TPSA) is 84.9 Å². The Kier molecular flexibility index (Phi) is 6.56. The van der Waals surface area contributed by atoms with Crippen molar-refractivity contribution < 1.29 is 23.9 Å². The lowest BCUT2D eigenvalue weighted by Crippen LogP contribution is -2.54. The van der Waals surface area contributed by atoms with Crippen molar-refractivity contribution in [3.63, 3.8) is 0 Å². The largest absolute Gasteiger partial charge is 0.494 e. The summed E-state index contributed by atoms with van der Waals surface area (Å²) < 4.78 is 11.9. The van der Waals surface area contributed by atoms with Crippen LogP contribution in [-0.4, -0.2) is 30.6 Å². The first kappa shape index (κ1) is 21.6. The molecule has 0 saturated carbocycles. The first-order valence-electron chi connectivity index (χ1n) is 9.40. The number of amides is 4. The van der Waals surface area contributed by atoms with Gasteiger partial charge in [-0.25, -0.2) is 9.69 Å². The van der Waals surface area contributed by atoms with E-state index in [0.717, 1.165) is 9.37 Å². The number of rotatable bonds is 6. The molecule has 2 aromatic carbocycles. The van der Waals surface area contributed by atoms with Crippen LogP contribution >= 0.6 is 15.9 Å². The lowest BCUT2D eigenvalue weighted by Gasteiger charge is -2.26. The van der Waals surface area contributed by atoms with Crippen molar-refractivity contribution in [3.05, 3.63) is 58.1 Å². The van der Waals surface area contributed by atoms with E-state index in [2.05, 4.69) is 21.2 Å². The number of imide groups is 2. The number of urea groups is 1. The van der Waals surface area contributed by atoms with E-state index in [0.29, 0.717) is 29.4 Å². The molecule has 2 aromatic rings. The van der Waals surface area contributed by atoms with Gasteiger partial charge in [-0.2, -0.15) is 0 Å². The Balaban J connectivity index is 1.99. The van der Waals surface area contributed by atoms with E-state index in [1.54, 1.807) is 42.5 Å². The molecule has 0 aliphatic carbocycles. The van der Waals surface area contributed by atoms with E-state index < -0.39 is 17.8 Å². The Labute approximate surface area is 182 Å². The Hall–Kier alpha value is -3.13. The Morgan fingerprint density at radius 3 is 2.43 bits per heavy atom. The van der Waals surface area contributed by atoms with Crippen molar-refractivity contribution in [2.75, 3.05) is 11.5 Å². The second kappa shape index (κ2) is 9.13. The number of carbonyl (C=O) groups excluding carboxylic acids is 3. The molecule has 30 heavy (non-hydrogen) atoms. The monoisotopic (exact) mass is 472 g/mol. The molecule has 0 bridgehead atoms. The molecule has 8 heteroatoms. The fraction of sp³-hybridized carbons (Fsp3) is 0.227. The molecule has 1 N–H and O–H groups in total. The minimum absolute atomic E-state index is 0.0962. The smallest absolute Gasteiger partial charge is 0.335 e. The van der Waals surface area contributed by atoms with Crippen LogP contribution < -0.4 is 19.7 Å². The fourth-order valence-corrected chi connectivity index (χ4v) is 3.28. The predicted molar refractivity (Wildman–Crippen MR) is 117 cm³/mol. The summed E-state index contributed by atoms with van der Waals surface area (Å²) in [5.74, 6) is -0.348. The van der Waals surface area contributed by atoms with Crippen molar-refractivity contribution in [1.82, 2.24) is 5.32 Å². The molecule has 1 aliphatic rings. The van der Waals surface area contributed by atoms with Gasteiger partial charge in [0.1, 0.15) is 17.1 Å². The molecular weight excluding hydrogens is 452 g/mol. The highest BCUT2D eigenvalue weighted by molar-refractivity contribution is 9.10. The van der Waals surface area contributed by atoms with Gasteiger partial charge in [0.25, 0.3) is 11.8 Å². The minimum atomic E-state index is -0.806. The predicted octanol–water partition coefficient (Wildman–Crippen LogP) is 4.30. The highest BCUT2D eigenvalue weighted by atomic mass is 79.9. The number of hydrogen-bond donors (Lipinski definition) is 1. The molecule has 0 aromatic heterocycles. The maximum atomic E-state index is 13.1. The first-order valence-corrected chi connectivity index (χ1v) is 10.2. The van der Waals surface area contributed by atoms with Crippen LogP contribution in [0.4, 0.5) is 10.5 Å². The van der Waals surface area contributed by atoms with E-state index in [4.69, 9.17) is 9.47 Å². The summed E-state index contributed by atoms with van der Waals surface area (Å²) in [5, 5.41) is 2.22. The van der Waals surface area contributed by atoms with E-state index in [9.17, 15) is 14.4 Å². The van der Waals surface area contributed by atoms with Gasteiger partial charge >= 0.3 is 6.03 Å². The molecule has 1 fully saturated rings. The quantitative estimate of drug-likeness (QED) is 0.500. The summed E-state index contributed by atoms with van der Waals surface area (Å²) in [4.78, 5) is 38.8. The van der Waals surface area contributed by atoms with E-state index in [1.165, 1.54) is 6.08 Å². The van der Waals surface area contributed by atoms with Crippen molar-refractivity contribution >= 4 is 45.5 Å². The molecule has 0 atom stereocenters. The van der Waals surface area contributed by atoms with Crippen molar-refractivity contribution in [1.29, 1.82) is 0 Å². The highest BCUT2D eigenvalue weighted by Crippen LogP contribution is 2.29. The van der Waals surface area contributed by atoms with Gasteiger partial charge in [0.15, 0.2) is 0 Å². The summed E-state index contributed by atoms with van der Waals surface area (Å²) in [6.45, 7) is 6.11. The van der Waals surface area contributed by atoms with Crippen LogP contribution in [0.3, 0.4) is 0 Å². The molecule has 1 saturated heterocycles. The van der Waals surface area contributed by atoms with Gasteiger partial charge < -0.3 is 9.47 Å². The van der Waals surface area contributed by atoms with Crippen LogP contribution in [0.1, 0.15) is 26.3 Å². The normalized spacial score (nSPS) is 15.6. The van der Waals surface area contributed by atoms with Crippen LogP contribution in [0.2, 0.25) is 0 Å². The standard InChI is InChI=1S/C22H21BrN2O5/c1-4-29-17-8-6-16(7-9-17)25-21(27)18(20(26)24-22(25)28)12-14-11-15(23)5-10-19(14)30-13(2)3/h5-13H,4H2,1-3H3,(H,24,26,28)/b18-12+. The van der Waals surface area contributed by atoms with Crippen LogP contribution in [-0.2, 0) is 9.59 Å². The number of anilines is 1. The van der Waals surface area contributed by atoms with Crippen LogP contribution in [0, 0.1) is 0 Å². The zero-order valence-electron chi connectivity index (χ0n) is 16.8. The maximum Gasteiger partial charge on any atom is 0.335 e. The zero-order chi connectivity index (χ0) is 21.8. The van der Waals surface area contributed by atoms with Gasteiger partial charge in [-0.1, -0.05) is 15.9 Å². The van der Waals surface area contributed by atoms with E-state index in [1.807, 2.05) is 20.8 Å². The Bertz CT molecular complexity index is 1010. The summed E-state index contributed by atoms with van der Waals surface area (Å²) in [5.41, 5.74) is 0.694. The number of ether oxygens (including phenoxy) is 2. The Morgan fingerprint density at radius 2 is 1.80 bits per heavy atom. The maximum absolute atomic E-state index is 13.1. The fourth-order valence-electron chi connectivity index (χ4n) is 2.90. The second-order valence-electron chi connectivity index (χ2n) is 6.73. The highest BCUT2D eigenvalue weighted by Gasteiger charge is 2.37. The summed E-state index contributed by atoms with van der Waals surface area (Å²) in [6, 6.07) is 11.0. The number of hydrogen-bond acceptors (Lipinski definition) is 5. The molecule has 3 rings (SSSR count). The Morgan fingerprint density at radius 1 is 1.10 bits per heavy atom. The lowest BCUT2D eigenvalue weighted by atomic mass is 10.1. The van der Waals surface area contributed by atoms with Crippen LogP contribution in [0.15, 0.2) is 52.5 Å². The number of nitrogens with one attached hydrogen (secondary N) is 1. The average Bonchev–Trinajstić information content (AvgIpc) is 2.68. The third kappa shape index (κ3) is 4.71. The molecule has 7 nitrogen and oxygen atoms in total. The number of barbiturate groups is 1. The van der Waals surface area contributed by atoms with Gasteiger partial charge in [-0.15, -0.1) is 0 Å². The lowest BCUT2D eigenvalue weighted by molar-refractivity contribution is -0.122.